The van der Waals surface area contributed by atoms with Crippen molar-refractivity contribution in [2.45, 2.75) is 13.0 Å². The lowest BCUT2D eigenvalue weighted by Crippen LogP contribution is -2.22. The van der Waals surface area contributed by atoms with Crippen LogP contribution in [0.5, 0.6) is 0 Å². The smallest absolute Gasteiger partial charge is 0.257 e. The monoisotopic (exact) mass is 250 g/mol. The first kappa shape index (κ1) is 12.9. The van der Waals surface area contributed by atoms with Crippen LogP contribution in [0.3, 0.4) is 0 Å². The van der Waals surface area contributed by atoms with Crippen LogP contribution in [-0.4, -0.2) is 37.8 Å². The number of carbonyl (C=O) groups is 1. The Labute approximate surface area is 106 Å². The standard InChI is InChI=1S/C13H18N2O3/c1-3-18-7-6-15(2)9-4-5-10-11(8-9)14-13(17)12(10)16/h4-5,8,12,16H,3,6-7H2,1-2H3,(H,14,17). The quantitative estimate of drug-likeness (QED) is 0.769. The maximum absolute atomic E-state index is 11.3. The van der Waals surface area contributed by atoms with Crippen molar-refractivity contribution in [1.29, 1.82) is 0 Å². The molecule has 2 rings (SSSR count). The summed E-state index contributed by atoms with van der Waals surface area (Å²) in [4.78, 5) is 13.4. The normalized spacial score (nSPS) is 17.5. The van der Waals surface area contributed by atoms with Crippen LogP contribution in [-0.2, 0) is 9.53 Å². The number of benzene rings is 1. The van der Waals surface area contributed by atoms with Crippen LogP contribution in [0.1, 0.15) is 18.6 Å². The molecule has 18 heavy (non-hydrogen) atoms. The molecule has 1 aromatic rings. The minimum atomic E-state index is -1.04. The van der Waals surface area contributed by atoms with Crippen molar-refractivity contribution in [3.8, 4) is 0 Å². The van der Waals surface area contributed by atoms with Crippen molar-refractivity contribution in [2.24, 2.45) is 0 Å². The van der Waals surface area contributed by atoms with Gasteiger partial charge < -0.3 is 20.1 Å². The molecule has 5 nitrogen and oxygen atoms in total. The number of aliphatic hydroxyl groups excluding tert-OH is 1. The highest BCUT2D eigenvalue weighted by Crippen LogP contribution is 2.33. The molecule has 0 saturated heterocycles. The lowest BCUT2D eigenvalue weighted by atomic mass is 10.1. The molecule has 1 aliphatic rings. The van der Waals surface area contributed by atoms with Crippen LogP contribution in [0.2, 0.25) is 0 Å². The molecule has 0 bridgehead atoms. The summed E-state index contributed by atoms with van der Waals surface area (Å²) in [5, 5.41) is 12.3. The summed E-state index contributed by atoms with van der Waals surface area (Å²) in [7, 11) is 1.97. The molecule has 0 saturated carbocycles. The number of anilines is 2. The second-order valence-corrected chi connectivity index (χ2v) is 4.28. The molecule has 98 valence electrons. The Morgan fingerprint density at radius 2 is 2.28 bits per heavy atom. The summed E-state index contributed by atoms with van der Waals surface area (Å²) < 4.78 is 5.30. The van der Waals surface area contributed by atoms with Crippen LogP contribution in [0.15, 0.2) is 18.2 Å². The lowest BCUT2D eigenvalue weighted by Gasteiger charge is -2.19. The third-order valence-corrected chi connectivity index (χ3v) is 3.05. The van der Waals surface area contributed by atoms with E-state index in [1.54, 1.807) is 6.07 Å². The minimum Gasteiger partial charge on any atom is -0.380 e. The minimum absolute atomic E-state index is 0.362. The molecular formula is C13H18N2O3. The predicted octanol–water partition coefficient (Wildman–Crippen LogP) is 1.14. The molecule has 0 fully saturated rings. The summed E-state index contributed by atoms with van der Waals surface area (Å²) >= 11 is 0. The predicted molar refractivity (Wildman–Crippen MR) is 69.8 cm³/mol. The van der Waals surface area contributed by atoms with E-state index in [1.165, 1.54) is 0 Å². The number of hydrogen-bond acceptors (Lipinski definition) is 4. The SMILES string of the molecule is CCOCCN(C)c1ccc2c(c1)NC(=O)C2O. The van der Waals surface area contributed by atoms with Crippen molar-refractivity contribution >= 4 is 17.3 Å². The van der Waals surface area contributed by atoms with E-state index >= 15 is 0 Å². The van der Waals surface area contributed by atoms with Crippen LogP contribution < -0.4 is 10.2 Å². The number of rotatable bonds is 5. The highest BCUT2D eigenvalue weighted by Gasteiger charge is 2.28. The third-order valence-electron chi connectivity index (χ3n) is 3.05. The fourth-order valence-electron chi connectivity index (χ4n) is 1.95. The molecule has 1 unspecified atom stereocenters. The molecule has 0 radical (unpaired) electrons. The summed E-state index contributed by atoms with van der Waals surface area (Å²) in [6, 6.07) is 5.55. The Morgan fingerprint density at radius 1 is 1.50 bits per heavy atom. The molecule has 0 aliphatic carbocycles. The summed E-state index contributed by atoms with van der Waals surface area (Å²) in [5.74, 6) is -0.362. The molecule has 5 heteroatoms. The van der Waals surface area contributed by atoms with Gasteiger partial charge in [-0.25, -0.2) is 0 Å². The van der Waals surface area contributed by atoms with E-state index in [1.807, 2.05) is 31.0 Å². The highest BCUT2D eigenvalue weighted by molar-refractivity contribution is 6.02. The Hall–Kier alpha value is -1.59. The number of fused-ring (bicyclic) bond motifs is 1. The van der Waals surface area contributed by atoms with Crippen LogP contribution in [0.4, 0.5) is 11.4 Å². The van der Waals surface area contributed by atoms with E-state index in [9.17, 15) is 9.90 Å². The van der Waals surface area contributed by atoms with Gasteiger partial charge in [0, 0.05) is 37.1 Å². The Bertz CT molecular complexity index is 448. The van der Waals surface area contributed by atoms with Crippen molar-refractivity contribution in [1.82, 2.24) is 0 Å². The van der Waals surface area contributed by atoms with E-state index in [4.69, 9.17) is 4.74 Å². The van der Waals surface area contributed by atoms with Crippen molar-refractivity contribution in [2.75, 3.05) is 37.0 Å². The Morgan fingerprint density at radius 3 is 3.00 bits per heavy atom. The molecule has 1 aromatic carbocycles. The first-order chi connectivity index (χ1) is 8.63. The molecule has 0 aromatic heterocycles. The second-order valence-electron chi connectivity index (χ2n) is 4.28. The molecule has 0 spiro atoms. The average Bonchev–Trinajstić information content (AvgIpc) is 2.65. The summed E-state index contributed by atoms with van der Waals surface area (Å²) in [6.45, 7) is 4.12. The molecule has 1 amide bonds. The van der Waals surface area contributed by atoms with Gasteiger partial charge in [-0.3, -0.25) is 4.79 Å². The van der Waals surface area contributed by atoms with Gasteiger partial charge in [-0.1, -0.05) is 6.07 Å². The van der Waals surface area contributed by atoms with Crippen molar-refractivity contribution in [3.05, 3.63) is 23.8 Å². The third kappa shape index (κ3) is 2.47. The zero-order valence-electron chi connectivity index (χ0n) is 10.6. The number of likely N-dealkylation sites (N-methyl/N-ethyl adjacent to an activating group) is 1. The van der Waals surface area contributed by atoms with Gasteiger partial charge >= 0.3 is 0 Å². The van der Waals surface area contributed by atoms with Crippen LogP contribution >= 0.6 is 0 Å². The maximum atomic E-state index is 11.3. The Kier molecular flexibility index (Phi) is 3.84. The number of aliphatic hydroxyl groups is 1. The first-order valence-corrected chi connectivity index (χ1v) is 6.05. The van der Waals surface area contributed by atoms with Gasteiger partial charge in [0.05, 0.1) is 6.61 Å². The molecule has 1 heterocycles. The van der Waals surface area contributed by atoms with Gasteiger partial charge in [0.1, 0.15) is 0 Å². The number of nitrogens with zero attached hydrogens (tertiary/aromatic N) is 1. The van der Waals surface area contributed by atoms with Crippen molar-refractivity contribution in [3.63, 3.8) is 0 Å². The maximum Gasteiger partial charge on any atom is 0.257 e. The zero-order chi connectivity index (χ0) is 13.1. The van der Waals surface area contributed by atoms with E-state index in [0.29, 0.717) is 24.5 Å². The number of carbonyl (C=O) groups excluding carboxylic acids is 1. The van der Waals surface area contributed by atoms with Crippen LogP contribution in [0, 0.1) is 0 Å². The van der Waals surface area contributed by atoms with Gasteiger partial charge in [0.2, 0.25) is 0 Å². The number of hydrogen-bond donors (Lipinski definition) is 2. The molecule has 2 N–H and O–H groups in total. The highest BCUT2D eigenvalue weighted by atomic mass is 16.5. The molecule has 1 aliphatic heterocycles. The van der Waals surface area contributed by atoms with E-state index in [2.05, 4.69) is 5.32 Å². The Balaban J connectivity index is 2.08. The van der Waals surface area contributed by atoms with E-state index in [0.717, 1.165) is 12.2 Å². The lowest BCUT2D eigenvalue weighted by molar-refractivity contribution is -0.123. The van der Waals surface area contributed by atoms with Gasteiger partial charge in [-0.05, 0) is 19.1 Å². The average molecular weight is 250 g/mol. The van der Waals surface area contributed by atoms with E-state index < -0.39 is 6.10 Å². The van der Waals surface area contributed by atoms with Gasteiger partial charge in [0.25, 0.3) is 5.91 Å². The van der Waals surface area contributed by atoms with Gasteiger partial charge in [-0.2, -0.15) is 0 Å². The summed E-state index contributed by atoms with van der Waals surface area (Å²) in [6.07, 6.45) is -1.04. The van der Waals surface area contributed by atoms with E-state index in [-0.39, 0.29) is 5.91 Å². The van der Waals surface area contributed by atoms with Gasteiger partial charge in [-0.15, -0.1) is 0 Å². The fraction of sp³-hybridized carbons (Fsp3) is 0.462. The summed E-state index contributed by atoms with van der Waals surface area (Å²) in [5.41, 5.74) is 2.32. The zero-order valence-corrected chi connectivity index (χ0v) is 10.6. The number of amides is 1. The molecule has 1 atom stereocenters. The van der Waals surface area contributed by atoms with Crippen molar-refractivity contribution < 1.29 is 14.6 Å². The number of nitrogens with one attached hydrogen (secondary N) is 1. The fourth-order valence-corrected chi connectivity index (χ4v) is 1.95. The first-order valence-electron chi connectivity index (χ1n) is 6.05. The van der Waals surface area contributed by atoms with Gasteiger partial charge in [0.15, 0.2) is 6.10 Å². The van der Waals surface area contributed by atoms with Crippen LogP contribution in [0.25, 0.3) is 0 Å². The second kappa shape index (κ2) is 5.37. The molecular weight excluding hydrogens is 232 g/mol. The topological polar surface area (TPSA) is 61.8 Å². The largest absolute Gasteiger partial charge is 0.380 e. The number of ether oxygens (including phenoxy) is 1.